The second-order valence-corrected chi connectivity index (χ2v) is 7.08. The Bertz CT molecular complexity index is 658. The highest BCUT2D eigenvalue weighted by molar-refractivity contribution is 5.85. The Morgan fingerprint density at radius 3 is 2.60 bits per heavy atom. The first-order chi connectivity index (χ1) is 11.9. The van der Waals surface area contributed by atoms with Crippen LogP contribution >= 0.6 is 0 Å². The van der Waals surface area contributed by atoms with Crippen LogP contribution in [-0.4, -0.2) is 69.2 Å². The van der Waals surface area contributed by atoms with Crippen LogP contribution < -0.4 is 4.90 Å². The van der Waals surface area contributed by atoms with Crippen molar-refractivity contribution in [3.8, 4) is 0 Å². The average molecular weight is 348 g/mol. The molecule has 25 heavy (non-hydrogen) atoms. The summed E-state index contributed by atoms with van der Waals surface area (Å²) in [5.41, 5.74) is -0.0225. The van der Waals surface area contributed by atoms with Gasteiger partial charge in [0.25, 0.3) is 0 Å². The zero-order valence-corrected chi connectivity index (χ0v) is 14.4. The number of hydrogen-bond acceptors (Lipinski definition) is 6. The van der Waals surface area contributed by atoms with Crippen molar-refractivity contribution in [1.82, 2.24) is 14.9 Å². The first kappa shape index (κ1) is 17.6. The lowest BCUT2D eigenvalue weighted by Gasteiger charge is -2.39. The molecule has 0 radical (unpaired) electrons. The van der Waals surface area contributed by atoms with Gasteiger partial charge in [-0.3, -0.25) is 14.7 Å². The first-order valence-electron chi connectivity index (χ1n) is 8.71. The number of rotatable bonds is 5. The second-order valence-electron chi connectivity index (χ2n) is 7.08. The molecule has 1 atom stereocenters. The van der Waals surface area contributed by atoms with Crippen molar-refractivity contribution in [2.75, 3.05) is 31.1 Å². The van der Waals surface area contributed by atoms with E-state index in [9.17, 15) is 14.7 Å². The molecule has 1 aromatic heterocycles. The van der Waals surface area contributed by atoms with Gasteiger partial charge in [0, 0.05) is 19.6 Å². The summed E-state index contributed by atoms with van der Waals surface area (Å²) in [4.78, 5) is 34.9. The van der Waals surface area contributed by atoms with Gasteiger partial charge in [0.1, 0.15) is 11.9 Å². The van der Waals surface area contributed by atoms with Crippen molar-refractivity contribution in [1.29, 1.82) is 0 Å². The molecule has 2 saturated heterocycles. The van der Waals surface area contributed by atoms with E-state index in [4.69, 9.17) is 5.11 Å². The molecule has 3 rings (SSSR count). The van der Waals surface area contributed by atoms with Gasteiger partial charge in [-0.2, -0.15) is 0 Å². The molecule has 8 nitrogen and oxygen atoms in total. The van der Waals surface area contributed by atoms with Gasteiger partial charge in [-0.25, -0.2) is 9.78 Å². The fourth-order valence-corrected chi connectivity index (χ4v) is 4.09. The molecular formula is C17H24N4O4. The highest BCUT2D eigenvalue weighted by Gasteiger charge is 2.47. The molecule has 0 amide bonds. The lowest BCUT2D eigenvalue weighted by atomic mass is 9.76. The van der Waals surface area contributed by atoms with E-state index in [0.29, 0.717) is 12.2 Å². The van der Waals surface area contributed by atoms with Crippen LogP contribution in [0, 0.1) is 5.41 Å². The predicted octanol–water partition coefficient (Wildman–Crippen LogP) is 1.33. The van der Waals surface area contributed by atoms with Crippen LogP contribution in [-0.2, 0) is 4.79 Å². The summed E-state index contributed by atoms with van der Waals surface area (Å²) in [6.45, 7) is 5.19. The Kier molecular flexibility index (Phi) is 4.89. The maximum atomic E-state index is 11.6. The summed E-state index contributed by atoms with van der Waals surface area (Å²) < 4.78 is 0. The fraction of sp³-hybridized carbons (Fsp3) is 0.647. The molecule has 0 unspecified atom stereocenters. The quantitative estimate of drug-likeness (QED) is 0.821. The molecule has 2 aliphatic rings. The maximum absolute atomic E-state index is 11.6. The van der Waals surface area contributed by atoms with Crippen molar-refractivity contribution in [2.45, 2.75) is 38.6 Å². The van der Waals surface area contributed by atoms with Crippen LogP contribution in [0.5, 0.6) is 0 Å². The van der Waals surface area contributed by atoms with Crippen molar-refractivity contribution in [3.05, 3.63) is 18.1 Å². The Labute approximate surface area is 146 Å². The molecule has 136 valence electrons. The van der Waals surface area contributed by atoms with Crippen LogP contribution in [0.4, 0.5) is 5.82 Å². The van der Waals surface area contributed by atoms with E-state index in [1.54, 1.807) is 6.20 Å². The van der Waals surface area contributed by atoms with Crippen molar-refractivity contribution in [3.63, 3.8) is 0 Å². The molecule has 1 spiro atoms. The number of aromatic carboxylic acids is 1. The Balaban J connectivity index is 1.68. The largest absolute Gasteiger partial charge is 0.480 e. The number of carboxylic acids is 2. The van der Waals surface area contributed by atoms with E-state index in [-0.39, 0.29) is 17.2 Å². The predicted molar refractivity (Wildman–Crippen MR) is 90.8 cm³/mol. The Hall–Kier alpha value is -2.22. The van der Waals surface area contributed by atoms with Gasteiger partial charge in [0.05, 0.1) is 12.4 Å². The molecule has 3 heterocycles. The third-order valence-corrected chi connectivity index (χ3v) is 5.39. The van der Waals surface area contributed by atoms with E-state index < -0.39 is 11.9 Å². The molecule has 2 fully saturated rings. The number of carbonyl (C=O) groups is 2. The van der Waals surface area contributed by atoms with Crippen molar-refractivity contribution < 1.29 is 19.8 Å². The molecule has 0 saturated carbocycles. The minimum Gasteiger partial charge on any atom is -0.480 e. The number of hydrogen-bond donors (Lipinski definition) is 2. The lowest BCUT2D eigenvalue weighted by molar-refractivity contribution is -0.142. The molecule has 0 bridgehead atoms. The van der Waals surface area contributed by atoms with E-state index in [2.05, 4.69) is 21.8 Å². The van der Waals surface area contributed by atoms with Crippen molar-refractivity contribution in [2.24, 2.45) is 5.41 Å². The second kappa shape index (κ2) is 6.95. The fourth-order valence-electron chi connectivity index (χ4n) is 4.09. The van der Waals surface area contributed by atoms with E-state index in [0.717, 1.165) is 45.4 Å². The van der Waals surface area contributed by atoms with E-state index in [1.165, 1.54) is 6.20 Å². The average Bonchev–Trinajstić information content (AvgIpc) is 2.94. The van der Waals surface area contributed by atoms with Crippen LogP contribution in [0.15, 0.2) is 12.4 Å². The summed E-state index contributed by atoms with van der Waals surface area (Å²) in [7, 11) is 0. The zero-order valence-electron chi connectivity index (χ0n) is 14.4. The number of aromatic nitrogens is 2. The van der Waals surface area contributed by atoms with E-state index >= 15 is 0 Å². The molecule has 1 aromatic rings. The molecule has 8 heteroatoms. The van der Waals surface area contributed by atoms with Gasteiger partial charge >= 0.3 is 11.9 Å². The third-order valence-electron chi connectivity index (χ3n) is 5.39. The van der Waals surface area contributed by atoms with Crippen LogP contribution in [0.2, 0.25) is 0 Å². The number of aliphatic carboxylic acids is 1. The van der Waals surface area contributed by atoms with Crippen LogP contribution in [0.1, 0.15) is 43.1 Å². The van der Waals surface area contributed by atoms with E-state index in [1.807, 2.05) is 4.90 Å². The SMILES string of the molecule is CCCN1CC2(CCN(c3cncc(C(=O)O)n3)CC2)C[C@@H]1C(=O)O. The number of anilines is 1. The molecular weight excluding hydrogens is 324 g/mol. The van der Waals surface area contributed by atoms with Gasteiger partial charge in [-0.1, -0.05) is 6.92 Å². The van der Waals surface area contributed by atoms with Gasteiger partial charge in [-0.15, -0.1) is 0 Å². The van der Waals surface area contributed by atoms with Crippen LogP contribution in [0.25, 0.3) is 0 Å². The third kappa shape index (κ3) is 3.58. The minimum atomic E-state index is -1.09. The van der Waals surface area contributed by atoms with Crippen molar-refractivity contribution >= 4 is 17.8 Å². The summed E-state index contributed by atoms with van der Waals surface area (Å²) >= 11 is 0. The normalized spacial score (nSPS) is 23.1. The summed E-state index contributed by atoms with van der Waals surface area (Å²) in [5.74, 6) is -1.24. The molecule has 0 aliphatic carbocycles. The smallest absolute Gasteiger partial charge is 0.356 e. The summed E-state index contributed by atoms with van der Waals surface area (Å²) in [6, 6.07) is -0.387. The highest BCUT2D eigenvalue weighted by Crippen LogP contribution is 2.44. The highest BCUT2D eigenvalue weighted by atomic mass is 16.4. The van der Waals surface area contributed by atoms with Gasteiger partial charge in [0.15, 0.2) is 5.69 Å². The number of carboxylic acid groups (broad SMARTS) is 2. The van der Waals surface area contributed by atoms with Gasteiger partial charge in [-0.05, 0) is 37.6 Å². The van der Waals surface area contributed by atoms with Gasteiger partial charge in [0.2, 0.25) is 0 Å². The monoisotopic (exact) mass is 348 g/mol. The standard InChI is InChI=1S/C17H24N4O4/c1-2-5-21-11-17(8-13(21)16(24)25)3-6-20(7-4-17)14-10-18-9-12(19-14)15(22)23/h9-10,13H,2-8,11H2,1H3,(H,22,23)(H,24,25)/t13-/m1/s1. The minimum absolute atomic E-state index is 0.0343. The molecule has 0 aromatic carbocycles. The Morgan fingerprint density at radius 2 is 2.00 bits per heavy atom. The number of nitrogens with zero attached hydrogens (tertiary/aromatic N) is 4. The Morgan fingerprint density at radius 1 is 1.28 bits per heavy atom. The molecule has 2 N–H and O–H groups in total. The first-order valence-corrected chi connectivity index (χ1v) is 8.71. The summed E-state index contributed by atoms with van der Waals surface area (Å²) in [6.07, 6.45) is 6.24. The lowest BCUT2D eigenvalue weighted by Crippen LogP contribution is -2.42. The summed E-state index contributed by atoms with van der Waals surface area (Å²) in [5, 5.41) is 18.6. The maximum Gasteiger partial charge on any atom is 0.356 e. The zero-order chi connectivity index (χ0) is 18.0. The number of likely N-dealkylation sites (tertiary alicyclic amines) is 1. The molecule has 2 aliphatic heterocycles. The van der Waals surface area contributed by atoms with Crippen LogP contribution in [0.3, 0.4) is 0 Å². The number of piperidine rings is 1. The van der Waals surface area contributed by atoms with Gasteiger partial charge < -0.3 is 15.1 Å². The topological polar surface area (TPSA) is 107 Å².